The van der Waals surface area contributed by atoms with Crippen LogP contribution in [0, 0.1) is 0 Å². The van der Waals surface area contributed by atoms with Crippen LogP contribution in [-0.2, 0) is 20.6 Å². The summed E-state index contributed by atoms with van der Waals surface area (Å²) in [4.78, 5) is 33.0. The van der Waals surface area contributed by atoms with E-state index in [1.807, 2.05) is 66.7 Å². The molecule has 5 N–H and O–H groups in total. The molecule has 0 bridgehead atoms. The van der Waals surface area contributed by atoms with Crippen molar-refractivity contribution in [1.29, 1.82) is 0 Å². The maximum absolute atomic E-state index is 11.9. The van der Waals surface area contributed by atoms with Crippen LogP contribution >= 0.6 is 0 Å². The summed E-state index contributed by atoms with van der Waals surface area (Å²) in [6.07, 6.45) is 6.49. The van der Waals surface area contributed by atoms with Crippen LogP contribution in [0.15, 0.2) is 138 Å². The van der Waals surface area contributed by atoms with E-state index in [0.29, 0.717) is 17.2 Å². The van der Waals surface area contributed by atoms with Crippen LogP contribution in [0.25, 0.3) is 56.3 Å². The molecule has 296 valence electrons. The number of methoxy groups -OCH3 is 1. The first kappa shape index (κ1) is 37.7. The molecular formula is C47H44N8O4. The second-order valence-electron chi connectivity index (χ2n) is 15.3. The molecule has 10 rings (SSSR count). The van der Waals surface area contributed by atoms with E-state index in [1.165, 1.54) is 31.6 Å². The van der Waals surface area contributed by atoms with Crippen LogP contribution < -0.4 is 21.8 Å². The lowest BCUT2D eigenvalue weighted by Crippen LogP contribution is -2.43. The molecule has 8 aromatic rings. The van der Waals surface area contributed by atoms with Gasteiger partial charge in [-0.15, -0.1) is 5.10 Å². The fourth-order valence-corrected chi connectivity index (χ4v) is 7.88. The van der Waals surface area contributed by atoms with Crippen molar-refractivity contribution < 1.29 is 14.3 Å². The van der Waals surface area contributed by atoms with Gasteiger partial charge in [-0.3, -0.25) is 9.89 Å². The Morgan fingerprint density at radius 2 is 1.15 bits per heavy atom. The zero-order valence-corrected chi connectivity index (χ0v) is 32.7. The summed E-state index contributed by atoms with van der Waals surface area (Å²) >= 11 is 0. The Morgan fingerprint density at radius 3 is 1.68 bits per heavy atom. The number of rotatable bonds is 9. The number of fused-ring (bicyclic) bond motifs is 2. The molecule has 59 heavy (non-hydrogen) atoms. The number of nitrogens with two attached hydrogens (primary N) is 2. The maximum atomic E-state index is 11.9. The lowest BCUT2D eigenvalue weighted by Gasteiger charge is -2.38. The third kappa shape index (κ3) is 7.28. The highest BCUT2D eigenvalue weighted by Gasteiger charge is 2.35. The Labute approximate surface area is 340 Å². The molecule has 4 aromatic carbocycles. The number of hydrogen-bond acceptors (Lipinski definition) is 9. The summed E-state index contributed by atoms with van der Waals surface area (Å²) in [6.45, 7) is -0.209. The summed E-state index contributed by atoms with van der Waals surface area (Å²) in [5.41, 5.74) is 23.5. The Bertz CT molecular complexity index is 2820. The van der Waals surface area contributed by atoms with Gasteiger partial charge in [-0.2, -0.15) is 0 Å². The molecule has 0 saturated heterocycles. The van der Waals surface area contributed by atoms with Gasteiger partial charge in [-0.1, -0.05) is 109 Å². The molecule has 2 saturated carbocycles. The van der Waals surface area contributed by atoms with Gasteiger partial charge in [0.25, 0.3) is 5.56 Å². The molecule has 2 aliphatic carbocycles. The summed E-state index contributed by atoms with van der Waals surface area (Å²) in [5.74, 6) is -0.153. The number of aromatic amines is 1. The van der Waals surface area contributed by atoms with E-state index < -0.39 is 5.97 Å². The van der Waals surface area contributed by atoms with Crippen molar-refractivity contribution in [2.75, 3.05) is 13.7 Å². The van der Waals surface area contributed by atoms with E-state index in [4.69, 9.17) is 26.2 Å². The first-order valence-electron chi connectivity index (χ1n) is 19.8. The number of nitrogens with one attached hydrogen (secondary N) is 1. The zero-order valence-electron chi connectivity index (χ0n) is 32.7. The molecule has 0 atom stereocenters. The highest BCUT2D eigenvalue weighted by atomic mass is 16.6. The topological polar surface area (TPSA) is 168 Å². The fourth-order valence-electron chi connectivity index (χ4n) is 7.88. The smallest absolute Gasteiger partial charge is 0.343 e. The quantitative estimate of drug-likeness (QED) is 0.125. The molecule has 4 heterocycles. The van der Waals surface area contributed by atoms with Crippen molar-refractivity contribution >= 4 is 17.3 Å². The Kier molecular flexibility index (Phi) is 9.87. The molecule has 0 spiro atoms. The highest BCUT2D eigenvalue weighted by Crippen LogP contribution is 2.41. The number of imidazole rings is 2. The maximum Gasteiger partial charge on any atom is 0.343 e. The van der Waals surface area contributed by atoms with E-state index in [0.717, 1.165) is 76.3 Å². The number of esters is 1. The van der Waals surface area contributed by atoms with E-state index in [-0.39, 0.29) is 23.2 Å². The van der Waals surface area contributed by atoms with Crippen LogP contribution in [0.2, 0.25) is 0 Å². The van der Waals surface area contributed by atoms with Crippen molar-refractivity contribution in [3.8, 4) is 50.9 Å². The number of H-pyrrole nitrogens is 1. The van der Waals surface area contributed by atoms with Gasteiger partial charge in [0.15, 0.2) is 17.9 Å². The number of aromatic nitrogens is 6. The standard InChI is InChI=1S/C25H24N4O3.C22H20N4O/c1-31-22(30)16-32-21-13-12-20-27-23(24(29(20)28-21)18-6-3-2-4-7-18)17-8-10-19(11-9-17)25(26)14-5-15-25;23-22(13-4-14-22)17-9-7-15(8-10-17)20-21(16-5-2-1-3-6-16)26-18(24-20)11-12-19(27)25-26/h2-4,6-13H,5,14-16,26H2,1H3;1-3,5-12H,4,13-14,23H2,(H,25,27). The monoisotopic (exact) mass is 784 g/mol. The molecule has 4 aromatic heterocycles. The average Bonchev–Trinajstić information content (AvgIpc) is 3.83. The van der Waals surface area contributed by atoms with E-state index in [9.17, 15) is 9.59 Å². The van der Waals surface area contributed by atoms with Gasteiger partial charge < -0.3 is 20.9 Å². The van der Waals surface area contributed by atoms with Crippen LogP contribution in [0.1, 0.15) is 49.7 Å². The normalized spacial score (nSPS) is 15.1. The first-order chi connectivity index (χ1) is 28.7. The van der Waals surface area contributed by atoms with Gasteiger partial charge in [0.2, 0.25) is 5.88 Å². The second-order valence-corrected chi connectivity index (χ2v) is 15.3. The predicted molar refractivity (Wildman–Crippen MR) is 227 cm³/mol. The van der Waals surface area contributed by atoms with Crippen LogP contribution in [0.3, 0.4) is 0 Å². The minimum absolute atomic E-state index is 0.158. The average molecular weight is 785 g/mol. The Hall–Kier alpha value is -6.89. The van der Waals surface area contributed by atoms with Gasteiger partial charge in [0.1, 0.15) is 5.69 Å². The molecule has 0 amide bonds. The number of benzene rings is 4. The number of carbonyl (C=O) groups is 1. The third-order valence-electron chi connectivity index (χ3n) is 11.6. The number of hydrogen-bond donors (Lipinski definition) is 3. The molecular weight excluding hydrogens is 741 g/mol. The highest BCUT2D eigenvalue weighted by molar-refractivity contribution is 5.83. The van der Waals surface area contributed by atoms with Crippen molar-refractivity contribution in [1.82, 2.24) is 29.2 Å². The van der Waals surface area contributed by atoms with E-state index >= 15 is 0 Å². The molecule has 2 fully saturated rings. The van der Waals surface area contributed by atoms with Gasteiger partial charge in [-0.05, 0) is 61.8 Å². The van der Waals surface area contributed by atoms with Crippen molar-refractivity contribution in [3.63, 3.8) is 0 Å². The largest absolute Gasteiger partial charge is 0.466 e. The lowest BCUT2D eigenvalue weighted by molar-refractivity contribution is -0.143. The van der Waals surface area contributed by atoms with Gasteiger partial charge in [0.05, 0.1) is 24.2 Å². The molecule has 0 radical (unpaired) electrons. The van der Waals surface area contributed by atoms with Gasteiger partial charge in [-0.25, -0.2) is 23.8 Å². The second kappa shape index (κ2) is 15.5. The summed E-state index contributed by atoms with van der Waals surface area (Å²) < 4.78 is 13.6. The Morgan fingerprint density at radius 1 is 0.644 bits per heavy atom. The zero-order chi connectivity index (χ0) is 40.6. The van der Waals surface area contributed by atoms with Crippen molar-refractivity contribution in [3.05, 3.63) is 155 Å². The van der Waals surface area contributed by atoms with E-state index in [2.05, 4.69) is 63.5 Å². The van der Waals surface area contributed by atoms with Gasteiger partial charge in [0, 0.05) is 45.5 Å². The number of ether oxygens (including phenoxy) is 2. The molecule has 0 unspecified atom stereocenters. The number of nitrogens with zero attached hydrogens (tertiary/aromatic N) is 5. The predicted octanol–water partition coefficient (Wildman–Crippen LogP) is 7.65. The van der Waals surface area contributed by atoms with Crippen molar-refractivity contribution in [2.24, 2.45) is 11.5 Å². The van der Waals surface area contributed by atoms with Crippen LogP contribution in [-0.4, -0.2) is 48.9 Å². The summed E-state index contributed by atoms with van der Waals surface area (Å²) in [7, 11) is 1.32. The minimum atomic E-state index is -0.467. The lowest BCUT2D eigenvalue weighted by atomic mass is 9.72. The van der Waals surface area contributed by atoms with E-state index in [1.54, 1.807) is 21.2 Å². The summed E-state index contributed by atoms with van der Waals surface area (Å²) in [5, 5.41) is 7.47. The Balaban J connectivity index is 0.000000154. The molecule has 12 nitrogen and oxygen atoms in total. The van der Waals surface area contributed by atoms with Crippen LogP contribution in [0.4, 0.5) is 0 Å². The summed E-state index contributed by atoms with van der Waals surface area (Å²) in [6, 6.07) is 43.5. The molecule has 2 aliphatic rings. The molecule has 0 aliphatic heterocycles. The third-order valence-corrected chi connectivity index (χ3v) is 11.6. The first-order valence-corrected chi connectivity index (χ1v) is 19.8. The van der Waals surface area contributed by atoms with Crippen LogP contribution in [0.5, 0.6) is 5.88 Å². The van der Waals surface area contributed by atoms with Gasteiger partial charge >= 0.3 is 5.97 Å². The number of carbonyl (C=O) groups excluding carboxylic acids is 1. The fraction of sp³-hybridized carbons (Fsp3) is 0.213. The minimum Gasteiger partial charge on any atom is -0.466 e. The molecule has 12 heteroatoms. The van der Waals surface area contributed by atoms with Crippen molar-refractivity contribution in [2.45, 2.75) is 49.6 Å². The SMILES string of the molecule is COC(=O)COc1ccc2nc(-c3ccc(C4(N)CCC4)cc3)c(-c3ccccc3)n2n1.NC1(c2ccc(-c3nc4ccc(=O)[nH]n4c3-c3ccccc3)cc2)CCC1.